The largest absolute Gasteiger partial charge is 0.380 e. The van der Waals surface area contributed by atoms with Gasteiger partial charge in [-0.25, -0.2) is 4.39 Å². The van der Waals surface area contributed by atoms with Crippen LogP contribution in [0.25, 0.3) is 0 Å². The van der Waals surface area contributed by atoms with Crippen molar-refractivity contribution in [1.82, 2.24) is 0 Å². The van der Waals surface area contributed by atoms with Crippen LogP contribution in [0, 0.1) is 5.82 Å². The van der Waals surface area contributed by atoms with Crippen molar-refractivity contribution in [1.29, 1.82) is 0 Å². The van der Waals surface area contributed by atoms with E-state index in [4.69, 9.17) is 11.6 Å². The first-order valence-corrected chi connectivity index (χ1v) is 7.15. The number of rotatable bonds is 3. The van der Waals surface area contributed by atoms with E-state index in [9.17, 15) is 4.39 Å². The fourth-order valence-corrected chi connectivity index (χ4v) is 2.64. The van der Waals surface area contributed by atoms with Crippen molar-refractivity contribution in [2.75, 3.05) is 5.32 Å². The summed E-state index contributed by atoms with van der Waals surface area (Å²) in [5.41, 5.74) is 1.73. The Bertz CT molecular complexity index is 555. The van der Waals surface area contributed by atoms with Crippen molar-refractivity contribution < 1.29 is 4.39 Å². The van der Waals surface area contributed by atoms with Gasteiger partial charge in [0.1, 0.15) is 5.82 Å². The third kappa shape index (κ3) is 3.46. The quantitative estimate of drug-likeness (QED) is 0.714. The maximum atomic E-state index is 13.2. The van der Waals surface area contributed by atoms with Crippen LogP contribution in [-0.2, 0) is 6.54 Å². The smallest absolute Gasteiger partial charge is 0.124 e. The number of nitrogens with one attached hydrogen (secondary N) is 1. The first-order valence-electron chi connectivity index (χ1n) is 5.19. The van der Waals surface area contributed by atoms with Crippen LogP contribution in [0.3, 0.4) is 0 Å². The maximum Gasteiger partial charge on any atom is 0.124 e. The Labute approximate surface area is 127 Å². The molecule has 18 heavy (non-hydrogen) atoms. The van der Waals surface area contributed by atoms with E-state index in [-0.39, 0.29) is 5.82 Å². The van der Waals surface area contributed by atoms with Crippen molar-refractivity contribution in [2.45, 2.75) is 6.54 Å². The fraction of sp³-hybridized carbons (Fsp3) is 0.0769. The lowest BCUT2D eigenvalue weighted by molar-refractivity contribution is 0.625. The Morgan fingerprint density at radius 3 is 2.67 bits per heavy atom. The maximum absolute atomic E-state index is 13.2. The van der Waals surface area contributed by atoms with E-state index in [0.717, 1.165) is 20.2 Å². The average Bonchev–Trinajstić information content (AvgIpc) is 2.30. The molecule has 0 saturated heterocycles. The van der Waals surface area contributed by atoms with Crippen molar-refractivity contribution in [3.8, 4) is 0 Å². The molecular weight excluding hydrogens is 384 g/mol. The van der Waals surface area contributed by atoms with E-state index in [1.807, 2.05) is 18.2 Å². The van der Waals surface area contributed by atoms with Crippen molar-refractivity contribution in [3.63, 3.8) is 0 Å². The Hall–Kier alpha value is -0.580. The van der Waals surface area contributed by atoms with E-state index in [1.165, 1.54) is 12.1 Å². The monoisotopic (exact) mass is 391 g/mol. The van der Waals surface area contributed by atoms with Crippen LogP contribution in [0.4, 0.5) is 10.1 Å². The van der Waals surface area contributed by atoms with Crippen LogP contribution >= 0.6 is 43.5 Å². The van der Waals surface area contributed by atoms with E-state index in [1.54, 1.807) is 6.07 Å². The molecule has 0 radical (unpaired) electrons. The van der Waals surface area contributed by atoms with Gasteiger partial charge in [-0.05, 0) is 51.8 Å². The Balaban J connectivity index is 2.14. The molecule has 0 heterocycles. The van der Waals surface area contributed by atoms with Gasteiger partial charge in [-0.3, -0.25) is 0 Å². The predicted octanol–water partition coefficient (Wildman–Crippen LogP) is 5.62. The second kappa shape index (κ2) is 6.04. The fourth-order valence-electron chi connectivity index (χ4n) is 1.55. The van der Waals surface area contributed by atoms with Gasteiger partial charge in [0.15, 0.2) is 0 Å². The van der Waals surface area contributed by atoms with Gasteiger partial charge in [-0.1, -0.05) is 33.6 Å². The minimum atomic E-state index is -0.258. The lowest BCUT2D eigenvalue weighted by Crippen LogP contribution is -2.00. The highest BCUT2D eigenvalue weighted by atomic mass is 79.9. The molecule has 0 aliphatic carbocycles. The molecule has 0 aromatic heterocycles. The first kappa shape index (κ1) is 13.8. The lowest BCUT2D eigenvalue weighted by atomic mass is 10.2. The molecule has 0 spiro atoms. The molecule has 0 atom stereocenters. The molecule has 0 aliphatic rings. The van der Waals surface area contributed by atoms with Gasteiger partial charge in [0.2, 0.25) is 0 Å². The summed E-state index contributed by atoms with van der Waals surface area (Å²) in [6, 6.07) is 10.4. The van der Waals surface area contributed by atoms with Gasteiger partial charge in [-0.15, -0.1) is 0 Å². The third-order valence-electron chi connectivity index (χ3n) is 2.36. The standard InChI is InChI=1S/C13H9Br2ClFN/c14-9-4-8(5-10(17)6-9)7-18-12-3-1-2-11(16)13(12)15/h1-6,18H,7H2. The van der Waals surface area contributed by atoms with Crippen LogP contribution in [0.15, 0.2) is 45.3 Å². The molecule has 0 fully saturated rings. The zero-order valence-electron chi connectivity index (χ0n) is 9.18. The van der Waals surface area contributed by atoms with Crippen LogP contribution in [0.1, 0.15) is 5.56 Å². The molecule has 1 N–H and O–H groups in total. The SMILES string of the molecule is Fc1cc(Br)cc(CNc2cccc(Cl)c2Br)c1. The van der Waals surface area contributed by atoms with E-state index in [2.05, 4.69) is 37.2 Å². The molecule has 5 heteroatoms. The number of hydrogen-bond donors (Lipinski definition) is 1. The summed E-state index contributed by atoms with van der Waals surface area (Å²) in [5.74, 6) is -0.258. The van der Waals surface area contributed by atoms with Crippen LogP contribution in [0.2, 0.25) is 5.02 Å². The molecule has 0 unspecified atom stereocenters. The first-order chi connectivity index (χ1) is 8.56. The molecule has 2 aromatic carbocycles. The minimum absolute atomic E-state index is 0.258. The van der Waals surface area contributed by atoms with Crippen molar-refractivity contribution in [3.05, 3.63) is 61.7 Å². The molecule has 0 aliphatic heterocycles. The number of halogens is 4. The molecular formula is C13H9Br2ClFN. The Morgan fingerprint density at radius 1 is 1.17 bits per heavy atom. The minimum Gasteiger partial charge on any atom is -0.380 e. The van der Waals surface area contributed by atoms with Gasteiger partial charge >= 0.3 is 0 Å². The van der Waals surface area contributed by atoms with Gasteiger partial charge in [0, 0.05) is 11.0 Å². The molecule has 2 rings (SSSR count). The highest BCUT2D eigenvalue weighted by Crippen LogP contribution is 2.30. The second-order valence-corrected chi connectivity index (χ2v) is 5.85. The highest BCUT2D eigenvalue weighted by Gasteiger charge is 2.04. The molecule has 94 valence electrons. The summed E-state index contributed by atoms with van der Waals surface area (Å²) < 4.78 is 14.7. The van der Waals surface area contributed by atoms with Gasteiger partial charge in [0.05, 0.1) is 15.2 Å². The number of anilines is 1. The summed E-state index contributed by atoms with van der Waals surface area (Å²) in [4.78, 5) is 0. The Morgan fingerprint density at radius 2 is 1.94 bits per heavy atom. The van der Waals surface area contributed by atoms with Crippen LogP contribution in [-0.4, -0.2) is 0 Å². The topological polar surface area (TPSA) is 12.0 Å². The predicted molar refractivity (Wildman–Crippen MR) is 80.6 cm³/mol. The van der Waals surface area contributed by atoms with Gasteiger partial charge < -0.3 is 5.32 Å². The summed E-state index contributed by atoms with van der Waals surface area (Å²) in [5, 5.41) is 3.84. The summed E-state index contributed by atoms with van der Waals surface area (Å²) >= 11 is 12.7. The molecule has 0 saturated carbocycles. The zero-order valence-corrected chi connectivity index (χ0v) is 13.1. The van der Waals surface area contributed by atoms with Crippen LogP contribution in [0.5, 0.6) is 0 Å². The summed E-state index contributed by atoms with van der Waals surface area (Å²) in [6.07, 6.45) is 0. The summed E-state index contributed by atoms with van der Waals surface area (Å²) in [6.45, 7) is 0.523. The van der Waals surface area contributed by atoms with Gasteiger partial charge in [0.25, 0.3) is 0 Å². The molecule has 0 bridgehead atoms. The van der Waals surface area contributed by atoms with E-state index in [0.29, 0.717) is 11.6 Å². The van der Waals surface area contributed by atoms with Crippen molar-refractivity contribution >= 4 is 49.1 Å². The Kier molecular flexibility index (Phi) is 4.65. The van der Waals surface area contributed by atoms with Gasteiger partial charge in [-0.2, -0.15) is 0 Å². The lowest BCUT2D eigenvalue weighted by Gasteiger charge is -2.10. The average molecular weight is 393 g/mol. The normalized spacial score (nSPS) is 10.4. The second-order valence-electron chi connectivity index (χ2n) is 3.73. The number of benzene rings is 2. The zero-order chi connectivity index (χ0) is 13.1. The third-order valence-corrected chi connectivity index (χ3v) is 4.21. The van der Waals surface area contributed by atoms with Crippen LogP contribution < -0.4 is 5.32 Å². The number of hydrogen-bond acceptors (Lipinski definition) is 1. The molecule has 2 aromatic rings. The molecule has 0 amide bonds. The van der Waals surface area contributed by atoms with Crippen molar-refractivity contribution in [2.24, 2.45) is 0 Å². The highest BCUT2D eigenvalue weighted by molar-refractivity contribution is 9.11. The molecule has 1 nitrogen and oxygen atoms in total. The van der Waals surface area contributed by atoms with E-state index < -0.39 is 0 Å². The summed E-state index contributed by atoms with van der Waals surface area (Å²) in [7, 11) is 0. The van der Waals surface area contributed by atoms with E-state index >= 15 is 0 Å².